The van der Waals surface area contributed by atoms with E-state index in [-0.39, 0.29) is 17.6 Å². The number of anilines is 1. The second-order valence-electron chi connectivity index (χ2n) is 6.34. The zero-order chi connectivity index (χ0) is 17.9. The summed E-state index contributed by atoms with van der Waals surface area (Å²) < 4.78 is 0. The van der Waals surface area contributed by atoms with E-state index in [0.29, 0.717) is 30.6 Å². The minimum Gasteiger partial charge on any atom is -0.351 e. The van der Waals surface area contributed by atoms with Crippen molar-refractivity contribution < 1.29 is 14.4 Å². The van der Waals surface area contributed by atoms with Crippen LogP contribution < -0.4 is 10.6 Å². The maximum Gasteiger partial charge on any atom is 0.240 e. The van der Waals surface area contributed by atoms with E-state index in [0.717, 1.165) is 5.56 Å². The average Bonchev–Trinajstić information content (AvgIpc) is 3.43. The van der Waals surface area contributed by atoms with Gasteiger partial charge in [-0.25, -0.2) is 0 Å². The predicted molar refractivity (Wildman–Crippen MR) is 95.0 cm³/mol. The number of rotatable bonds is 6. The molecule has 1 aliphatic rings. The molecule has 2 aromatic rings. The Morgan fingerprint density at radius 3 is 2.12 bits per heavy atom. The molecule has 0 unspecified atom stereocenters. The summed E-state index contributed by atoms with van der Waals surface area (Å²) in [5, 5.41) is 5.63. The minimum absolute atomic E-state index is 0.0307. The van der Waals surface area contributed by atoms with Crippen molar-refractivity contribution in [3.8, 4) is 0 Å². The SMILES string of the molecule is CC(=O)c1ccc(NC(=O)C2(C(=O)NCc3ccccc3)CC2)cc1. The normalized spacial score (nSPS) is 14.4. The second kappa shape index (κ2) is 6.89. The third kappa shape index (κ3) is 3.76. The Morgan fingerprint density at radius 2 is 1.56 bits per heavy atom. The van der Waals surface area contributed by atoms with Crippen molar-refractivity contribution >= 4 is 23.3 Å². The molecule has 25 heavy (non-hydrogen) atoms. The van der Waals surface area contributed by atoms with Gasteiger partial charge in [0, 0.05) is 17.8 Å². The van der Waals surface area contributed by atoms with Crippen molar-refractivity contribution in [2.45, 2.75) is 26.3 Å². The Labute approximate surface area is 146 Å². The number of hydrogen-bond acceptors (Lipinski definition) is 3. The van der Waals surface area contributed by atoms with Crippen molar-refractivity contribution in [3.63, 3.8) is 0 Å². The zero-order valence-electron chi connectivity index (χ0n) is 14.0. The highest BCUT2D eigenvalue weighted by Crippen LogP contribution is 2.46. The summed E-state index contributed by atoms with van der Waals surface area (Å²) in [6, 6.07) is 16.3. The molecule has 0 atom stereocenters. The van der Waals surface area contributed by atoms with Gasteiger partial charge in [0.25, 0.3) is 0 Å². The van der Waals surface area contributed by atoms with E-state index in [9.17, 15) is 14.4 Å². The van der Waals surface area contributed by atoms with Crippen LogP contribution >= 0.6 is 0 Å². The molecule has 0 bridgehead atoms. The smallest absolute Gasteiger partial charge is 0.240 e. The van der Waals surface area contributed by atoms with Crippen molar-refractivity contribution in [1.82, 2.24) is 5.32 Å². The van der Waals surface area contributed by atoms with Crippen molar-refractivity contribution in [3.05, 3.63) is 65.7 Å². The molecule has 128 valence electrons. The summed E-state index contributed by atoms with van der Waals surface area (Å²) in [5.74, 6) is -0.570. The van der Waals surface area contributed by atoms with Gasteiger partial charge in [0.1, 0.15) is 5.41 Å². The number of amides is 2. The molecule has 3 rings (SSSR count). The van der Waals surface area contributed by atoms with Crippen molar-refractivity contribution in [2.24, 2.45) is 5.41 Å². The average molecular weight is 336 g/mol. The van der Waals surface area contributed by atoms with Gasteiger partial charge >= 0.3 is 0 Å². The first-order valence-corrected chi connectivity index (χ1v) is 8.26. The summed E-state index contributed by atoms with van der Waals surface area (Å²) in [6.45, 7) is 1.89. The van der Waals surface area contributed by atoms with Gasteiger partial charge in [0.05, 0.1) is 0 Å². The molecule has 0 aliphatic heterocycles. The first kappa shape index (κ1) is 16.9. The lowest BCUT2D eigenvalue weighted by Gasteiger charge is -2.15. The summed E-state index contributed by atoms with van der Waals surface area (Å²) >= 11 is 0. The Kier molecular flexibility index (Phi) is 4.65. The highest BCUT2D eigenvalue weighted by Gasteiger charge is 2.56. The van der Waals surface area contributed by atoms with Crippen LogP contribution in [-0.4, -0.2) is 17.6 Å². The number of carbonyl (C=O) groups is 3. The molecule has 1 saturated carbocycles. The molecule has 0 heterocycles. The third-order valence-corrected chi connectivity index (χ3v) is 4.46. The molecule has 1 aliphatic carbocycles. The van der Waals surface area contributed by atoms with E-state index in [2.05, 4.69) is 10.6 Å². The van der Waals surface area contributed by atoms with Gasteiger partial charge in [0.15, 0.2) is 5.78 Å². The van der Waals surface area contributed by atoms with E-state index >= 15 is 0 Å². The Balaban J connectivity index is 1.60. The van der Waals surface area contributed by atoms with Gasteiger partial charge in [-0.1, -0.05) is 30.3 Å². The van der Waals surface area contributed by atoms with E-state index in [1.807, 2.05) is 30.3 Å². The van der Waals surface area contributed by atoms with Crippen molar-refractivity contribution in [2.75, 3.05) is 5.32 Å². The van der Waals surface area contributed by atoms with Crippen LogP contribution in [0.15, 0.2) is 54.6 Å². The van der Waals surface area contributed by atoms with Crippen LogP contribution in [0.5, 0.6) is 0 Å². The van der Waals surface area contributed by atoms with Crippen LogP contribution in [0.3, 0.4) is 0 Å². The second-order valence-corrected chi connectivity index (χ2v) is 6.34. The largest absolute Gasteiger partial charge is 0.351 e. The van der Waals surface area contributed by atoms with Crippen molar-refractivity contribution in [1.29, 1.82) is 0 Å². The summed E-state index contributed by atoms with van der Waals surface area (Å²) in [5.41, 5.74) is 1.18. The maximum absolute atomic E-state index is 12.5. The number of hydrogen-bond donors (Lipinski definition) is 2. The first-order chi connectivity index (χ1) is 12.0. The topological polar surface area (TPSA) is 75.3 Å². The summed E-state index contributed by atoms with van der Waals surface area (Å²) in [4.78, 5) is 36.3. The quantitative estimate of drug-likeness (QED) is 0.629. The fourth-order valence-corrected chi connectivity index (χ4v) is 2.67. The molecule has 2 aromatic carbocycles. The number of benzene rings is 2. The van der Waals surface area contributed by atoms with Gasteiger partial charge in [-0.05, 0) is 49.6 Å². The Bertz CT molecular complexity index is 793. The monoisotopic (exact) mass is 336 g/mol. The predicted octanol–water partition coefficient (Wildman–Crippen LogP) is 2.92. The van der Waals surface area contributed by atoms with Crippen LogP contribution in [0.4, 0.5) is 5.69 Å². The molecule has 2 N–H and O–H groups in total. The van der Waals surface area contributed by atoms with Crippen LogP contribution in [0, 0.1) is 5.41 Å². The zero-order valence-corrected chi connectivity index (χ0v) is 14.0. The van der Waals surface area contributed by atoms with E-state index in [1.165, 1.54) is 6.92 Å². The maximum atomic E-state index is 12.5. The summed E-state index contributed by atoms with van der Waals surface area (Å²) in [6.07, 6.45) is 1.09. The van der Waals surface area contributed by atoms with Gasteiger partial charge in [-0.2, -0.15) is 0 Å². The van der Waals surface area contributed by atoms with Crippen LogP contribution in [-0.2, 0) is 16.1 Å². The van der Waals surface area contributed by atoms with Gasteiger partial charge in [0.2, 0.25) is 11.8 Å². The highest BCUT2D eigenvalue weighted by atomic mass is 16.2. The van der Waals surface area contributed by atoms with E-state index in [1.54, 1.807) is 24.3 Å². The number of nitrogens with one attached hydrogen (secondary N) is 2. The number of carbonyl (C=O) groups excluding carboxylic acids is 3. The highest BCUT2D eigenvalue weighted by molar-refractivity contribution is 6.13. The van der Waals surface area contributed by atoms with Crippen LogP contribution in [0.1, 0.15) is 35.7 Å². The van der Waals surface area contributed by atoms with Gasteiger partial charge in [-0.15, -0.1) is 0 Å². The standard InChI is InChI=1S/C20H20N2O3/c1-14(23)16-7-9-17(10-8-16)22-19(25)20(11-12-20)18(24)21-13-15-5-3-2-4-6-15/h2-10H,11-13H2,1H3,(H,21,24)(H,22,25). The van der Waals surface area contributed by atoms with Gasteiger partial charge in [-0.3, -0.25) is 14.4 Å². The van der Waals surface area contributed by atoms with Crippen LogP contribution in [0.25, 0.3) is 0 Å². The Morgan fingerprint density at radius 1 is 0.920 bits per heavy atom. The van der Waals surface area contributed by atoms with E-state index < -0.39 is 5.41 Å². The number of ketones is 1. The molecule has 2 amide bonds. The first-order valence-electron chi connectivity index (χ1n) is 8.26. The molecule has 5 heteroatoms. The molecule has 0 saturated heterocycles. The minimum atomic E-state index is -0.978. The molecule has 5 nitrogen and oxygen atoms in total. The third-order valence-electron chi connectivity index (χ3n) is 4.46. The Hall–Kier alpha value is -2.95. The van der Waals surface area contributed by atoms with Crippen LogP contribution in [0.2, 0.25) is 0 Å². The molecule has 0 radical (unpaired) electrons. The lowest BCUT2D eigenvalue weighted by Crippen LogP contribution is -2.39. The molecule has 0 aromatic heterocycles. The fourth-order valence-electron chi connectivity index (χ4n) is 2.67. The lowest BCUT2D eigenvalue weighted by atomic mass is 10.0. The fraction of sp³-hybridized carbons (Fsp3) is 0.250. The summed E-state index contributed by atoms with van der Waals surface area (Å²) in [7, 11) is 0. The number of Topliss-reactive ketones (excluding diaryl/α,β-unsaturated/α-hetero) is 1. The lowest BCUT2D eigenvalue weighted by molar-refractivity contribution is -0.134. The molecule has 0 spiro atoms. The molecule has 1 fully saturated rings. The molecular formula is C20H20N2O3. The van der Waals surface area contributed by atoms with Gasteiger partial charge < -0.3 is 10.6 Å². The molecular weight excluding hydrogens is 316 g/mol. The van der Waals surface area contributed by atoms with E-state index in [4.69, 9.17) is 0 Å².